The second kappa shape index (κ2) is 7.51. The van der Waals surface area contributed by atoms with Crippen LogP contribution in [0, 0.1) is 20.8 Å². The van der Waals surface area contributed by atoms with Gasteiger partial charge in [0.05, 0.1) is 35.4 Å². The van der Waals surface area contributed by atoms with Gasteiger partial charge in [-0.2, -0.15) is 0 Å². The molecule has 8 nitrogen and oxygen atoms in total. The molecular formula is C20H19N7O. The number of hydrogen-bond donors (Lipinski definition) is 1. The van der Waals surface area contributed by atoms with Crippen LogP contribution in [0.25, 0.3) is 22.7 Å². The Balaban J connectivity index is 1.74. The molecule has 0 atom stereocenters. The molecule has 0 fully saturated rings. The molecule has 0 unspecified atom stereocenters. The zero-order valence-corrected chi connectivity index (χ0v) is 15.8. The van der Waals surface area contributed by atoms with Gasteiger partial charge in [-0.05, 0) is 32.9 Å². The fourth-order valence-electron chi connectivity index (χ4n) is 2.68. The molecule has 28 heavy (non-hydrogen) atoms. The van der Waals surface area contributed by atoms with Crippen LogP contribution in [0.1, 0.15) is 22.6 Å². The van der Waals surface area contributed by atoms with E-state index in [0.717, 1.165) is 28.2 Å². The lowest BCUT2D eigenvalue weighted by Crippen LogP contribution is -2.06. The average Bonchev–Trinajstić information content (AvgIpc) is 3.06. The quantitative estimate of drug-likeness (QED) is 0.567. The van der Waals surface area contributed by atoms with Gasteiger partial charge < -0.3 is 9.84 Å². The molecule has 140 valence electrons. The average molecular weight is 373 g/mol. The van der Waals surface area contributed by atoms with Gasteiger partial charge in [-0.1, -0.05) is 11.2 Å². The van der Waals surface area contributed by atoms with Crippen LogP contribution in [-0.2, 0) is 6.54 Å². The first-order valence-corrected chi connectivity index (χ1v) is 8.85. The highest BCUT2D eigenvalue weighted by Gasteiger charge is 2.19. The van der Waals surface area contributed by atoms with E-state index in [1.165, 1.54) is 0 Å². The van der Waals surface area contributed by atoms with E-state index in [-0.39, 0.29) is 0 Å². The van der Waals surface area contributed by atoms with E-state index in [1.807, 2.05) is 39.0 Å². The van der Waals surface area contributed by atoms with Crippen molar-refractivity contribution in [3.8, 4) is 22.7 Å². The fourth-order valence-corrected chi connectivity index (χ4v) is 2.68. The molecule has 0 aromatic carbocycles. The van der Waals surface area contributed by atoms with Crippen molar-refractivity contribution >= 4 is 5.95 Å². The van der Waals surface area contributed by atoms with Crippen molar-refractivity contribution in [2.75, 3.05) is 5.32 Å². The van der Waals surface area contributed by atoms with Crippen molar-refractivity contribution in [3.05, 3.63) is 65.6 Å². The molecule has 0 spiro atoms. The Hall–Kier alpha value is -3.68. The van der Waals surface area contributed by atoms with Crippen LogP contribution in [0.3, 0.4) is 0 Å². The van der Waals surface area contributed by atoms with Crippen LogP contribution in [0.2, 0.25) is 0 Å². The van der Waals surface area contributed by atoms with Crippen LogP contribution in [0.4, 0.5) is 5.95 Å². The molecule has 0 radical (unpaired) electrons. The minimum atomic E-state index is 0.473. The summed E-state index contributed by atoms with van der Waals surface area (Å²) >= 11 is 0. The number of aromatic nitrogens is 6. The monoisotopic (exact) mass is 373 g/mol. The Kier molecular flexibility index (Phi) is 4.76. The largest absolute Gasteiger partial charge is 0.356 e. The van der Waals surface area contributed by atoms with Gasteiger partial charge in [0.25, 0.3) is 0 Å². The molecule has 4 heterocycles. The number of pyridine rings is 1. The Morgan fingerprint density at radius 2 is 1.86 bits per heavy atom. The van der Waals surface area contributed by atoms with Gasteiger partial charge >= 0.3 is 0 Å². The molecule has 4 aromatic rings. The number of anilines is 1. The van der Waals surface area contributed by atoms with E-state index < -0.39 is 0 Å². The van der Waals surface area contributed by atoms with E-state index >= 15 is 0 Å². The number of nitrogens with one attached hydrogen (secondary N) is 1. The molecule has 0 saturated carbocycles. The zero-order valence-electron chi connectivity index (χ0n) is 15.8. The summed E-state index contributed by atoms with van der Waals surface area (Å²) in [5.74, 6) is 1.10. The molecule has 0 aliphatic rings. The van der Waals surface area contributed by atoms with Gasteiger partial charge in [0.15, 0.2) is 5.76 Å². The Labute approximate surface area is 162 Å². The maximum atomic E-state index is 5.53. The highest BCUT2D eigenvalue weighted by molar-refractivity contribution is 5.77. The van der Waals surface area contributed by atoms with Crippen LogP contribution in [0.15, 0.2) is 47.5 Å². The normalized spacial score (nSPS) is 10.8. The molecule has 0 aliphatic heterocycles. The van der Waals surface area contributed by atoms with Crippen LogP contribution in [-0.4, -0.2) is 30.1 Å². The number of hydrogen-bond acceptors (Lipinski definition) is 8. The number of aryl methyl sites for hydroxylation is 2. The summed E-state index contributed by atoms with van der Waals surface area (Å²) in [6.45, 7) is 6.26. The minimum absolute atomic E-state index is 0.473. The molecular weight excluding hydrogens is 354 g/mol. The van der Waals surface area contributed by atoms with E-state index in [1.54, 1.807) is 24.8 Å². The molecule has 1 N–H and O–H groups in total. The van der Waals surface area contributed by atoms with Crippen molar-refractivity contribution in [1.29, 1.82) is 0 Å². The minimum Gasteiger partial charge on any atom is -0.356 e. The molecule has 4 rings (SSSR count). The maximum Gasteiger partial charge on any atom is 0.223 e. The van der Waals surface area contributed by atoms with Crippen molar-refractivity contribution in [1.82, 2.24) is 30.1 Å². The lowest BCUT2D eigenvalue weighted by molar-refractivity contribution is 0.426. The van der Waals surface area contributed by atoms with Crippen molar-refractivity contribution in [2.45, 2.75) is 27.3 Å². The Morgan fingerprint density at radius 3 is 2.54 bits per heavy atom. The summed E-state index contributed by atoms with van der Waals surface area (Å²) in [5, 5.41) is 7.25. The third-order valence-corrected chi connectivity index (χ3v) is 4.37. The second-order valence-electron chi connectivity index (χ2n) is 6.40. The molecule has 0 bridgehead atoms. The third-order valence-electron chi connectivity index (χ3n) is 4.37. The molecule has 0 aliphatic carbocycles. The predicted molar refractivity (Wildman–Crippen MR) is 104 cm³/mol. The van der Waals surface area contributed by atoms with Gasteiger partial charge in [-0.3, -0.25) is 15.0 Å². The number of nitrogens with zero attached hydrogens (tertiary/aromatic N) is 6. The standard InChI is InChI=1S/C20H19N7O/c1-12-8-23-17(11-22-12)18-16(19-13(2)14(3)27-28-19)10-25-20(26-18)24-9-15-6-4-5-7-21-15/h4-8,10-11H,9H2,1-3H3,(H,24,25,26). The summed E-state index contributed by atoms with van der Waals surface area (Å²) < 4.78 is 5.53. The van der Waals surface area contributed by atoms with Crippen LogP contribution < -0.4 is 5.32 Å². The predicted octanol–water partition coefficient (Wildman–Crippen LogP) is 3.52. The molecule has 4 aromatic heterocycles. The van der Waals surface area contributed by atoms with Gasteiger partial charge in [0.2, 0.25) is 5.95 Å². The van der Waals surface area contributed by atoms with Gasteiger partial charge in [-0.15, -0.1) is 0 Å². The van der Waals surface area contributed by atoms with Crippen molar-refractivity contribution < 1.29 is 4.52 Å². The van der Waals surface area contributed by atoms with Crippen molar-refractivity contribution in [3.63, 3.8) is 0 Å². The number of rotatable bonds is 5. The summed E-state index contributed by atoms with van der Waals surface area (Å²) in [5.41, 5.74) is 5.49. The summed E-state index contributed by atoms with van der Waals surface area (Å²) in [4.78, 5) is 22.2. The van der Waals surface area contributed by atoms with Gasteiger partial charge in [0.1, 0.15) is 11.4 Å². The third kappa shape index (κ3) is 3.57. The summed E-state index contributed by atoms with van der Waals surface area (Å²) in [7, 11) is 0. The lowest BCUT2D eigenvalue weighted by Gasteiger charge is -2.10. The maximum absolute atomic E-state index is 5.53. The Bertz CT molecular complexity index is 1090. The summed E-state index contributed by atoms with van der Waals surface area (Å²) in [6.07, 6.45) is 6.88. The second-order valence-corrected chi connectivity index (χ2v) is 6.40. The molecule has 0 amide bonds. The van der Waals surface area contributed by atoms with Gasteiger partial charge in [0, 0.05) is 24.2 Å². The van der Waals surface area contributed by atoms with Gasteiger partial charge in [-0.25, -0.2) is 9.97 Å². The first kappa shape index (κ1) is 17.7. The highest BCUT2D eigenvalue weighted by atomic mass is 16.5. The molecule has 0 saturated heterocycles. The smallest absolute Gasteiger partial charge is 0.223 e. The van der Waals surface area contributed by atoms with E-state index in [2.05, 4.69) is 35.4 Å². The first-order chi connectivity index (χ1) is 13.6. The fraction of sp³-hybridized carbons (Fsp3) is 0.200. The lowest BCUT2D eigenvalue weighted by atomic mass is 10.1. The van der Waals surface area contributed by atoms with E-state index in [4.69, 9.17) is 4.52 Å². The van der Waals surface area contributed by atoms with E-state index in [9.17, 15) is 0 Å². The first-order valence-electron chi connectivity index (χ1n) is 8.85. The SMILES string of the molecule is Cc1cnc(-c2nc(NCc3ccccn3)ncc2-c2onc(C)c2C)cn1. The topological polar surface area (TPSA) is 103 Å². The zero-order chi connectivity index (χ0) is 19.5. The van der Waals surface area contributed by atoms with E-state index in [0.29, 0.717) is 29.6 Å². The van der Waals surface area contributed by atoms with Crippen LogP contribution in [0.5, 0.6) is 0 Å². The van der Waals surface area contributed by atoms with Crippen molar-refractivity contribution in [2.24, 2.45) is 0 Å². The molecule has 8 heteroatoms. The summed E-state index contributed by atoms with van der Waals surface area (Å²) in [6, 6.07) is 5.76. The van der Waals surface area contributed by atoms with Crippen LogP contribution >= 0.6 is 0 Å². The highest BCUT2D eigenvalue weighted by Crippen LogP contribution is 2.32. The Morgan fingerprint density at radius 1 is 0.964 bits per heavy atom.